The third-order valence-corrected chi connectivity index (χ3v) is 2.81. The van der Waals surface area contributed by atoms with Gasteiger partial charge in [-0.2, -0.15) is 10.5 Å². The van der Waals surface area contributed by atoms with Gasteiger partial charge in [0.15, 0.2) is 0 Å². The zero-order chi connectivity index (χ0) is 12.8. The molecule has 0 aromatic rings. The highest BCUT2D eigenvalue weighted by molar-refractivity contribution is 5.85. The van der Waals surface area contributed by atoms with E-state index in [0.717, 1.165) is 0 Å². The smallest absolute Gasteiger partial charge is 0.242 e. The first-order valence-corrected chi connectivity index (χ1v) is 5.55. The van der Waals surface area contributed by atoms with Crippen LogP contribution in [0, 0.1) is 34.0 Å². The molecule has 0 saturated heterocycles. The minimum Gasteiger partial charge on any atom is -0.340 e. The van der Waals surface area contributed by atoms with Crippen LogP contribution in [0.2, 0.25) is 0 Å². The van der Waals surface area contributed by atoms with Gasteiger partial charge in [0.25, 0.3) is 0 Å². The van der Waals surface area contributed by atoms with Crippen LogP contribution in [-0.4, -0.2) is 23.9 Å². The van der Waals surface area contributed by atoms with E-state index in [1.165, 1.54) is 0 Å². The molecule has 0 rings (SSSR count). The third-order valence-electron chi connectivity index (χ3n) is 2.81. The second kappa shape index (κ2) is 6.12. The third kappa shape index (κ3) is 3.24. The fourth-order valence-electron chi connectivity index (χ4n) is 1.35. The maximum absolute atomic E-state index is 12.1. The molecule has 0 N–H and O–H groups in total. The number of nitriles is 2. The minimum absolute atomic E-state index is 0.179. The van der Waals surface area contributed by atoms with Gasteiger partial charge in [-0.25, -0.2) is 0 Å². The summed E-state index contributed by atoms with van der Waals surface area (Å²) in [6.45, 7) is 8.02. The number of nitrogens with zero attached hydrogens (tertiary/aromatic N) is 3. The summed E-state index contributed by atoms with van der Waals surface area (Å²) in [4.78, 5) is 13.7. The van der Waals surface area contributed by atoms with Crippen molar-refractivity contribution in [2.45, 2.75) is 34.1 Å². The van der Waals surface area contributed by atoms with Crippen LogP contribution in [0.25, 0.3) is 0 Å². The highest BCUT2D eigenvalue weighted by Gasteiger charge is 2.35. The van der Waals surface area contributed by atoms with Gasteiger partial charge in [-0.3, -0.25) is 4.79 Å². The molecule has 1 amide bonds. The number of hydrogen-bond donors (Lipinski definition) is 0. The van der Waals surface area contributed by atoms with Gasteiger partial charge in [0.05, 0.1) is 18.1 Å². The Labute approximate surface area is 97.5 Å². The van der Waals surface area contributed by atoms with Crippen molar-refractivity contribution in [3.63, 3.8) is 0 Å². The minimum atomic E-state index is -0.967. The molecule has 4 heteroatoms. The van der Waals surface area contributed by atoms with E-state index in [1.54, 1.807) is 18.7 Å². The summed E-state index contributed by atoms with van der Waals surface area (Å²) >= 11 is 0. The fourth-order valence-corrected chi connectivity index (χ4v) is 1.35. The molecule has 2 atom stereocenters. The average Bonchev–Trinajstić information content (AvgIpc) is 2.33. The van der Waals surface area contributed by atoms with E-state index in [0.29, 0.717) is 19.5 Å². The first-order chi connectivity index (χ1) is 7.45. The van der Waals surface area contributed by atoms with E-state index in [2.05, 4.69) is 12.1 Å². The van der Waals surface area contributed by atoms with E-state index in [1.807, 2.05) is 13.8 Å². The van der Waals surface area contributed by atoms with Crippen molar-refractivity contribution in [2.75, 3.05) is 13.1 Å². The predicted octanol–water partition coefficient (Wildman–Crippen LogP) is 1.93. The molecule has 0 saturated carbocycles. The van der Waals surface area contributed by atoms with Gasteiger partial charge in [0.1, 0.15) is 5.41 Å². The largest absolute Gasteiger partial charge is 0.340 e. The first-order valence-electron chi connectivity index (χ1n) is 5.55. The molecule has 0 radical (unpaired) electrons. The van der Waals surface area contributed by atoms with Crippen LogP contribution in [0.4, 0.5) is 0 Å². The Morgan fingerprint density at radius 2 is 2.00 bits per heavy atom. The Balaban J connectivity index is 4.81. The highest BCUT2D eigenvalue weighted by atomic mass is 16.2. The fraction of sp³-hybridized carbons (Fsp3) is 0.750. The SMILES string of the molecule is CCN(CC(C)C#N)C(=O)C(C)(C#N)CC. The Morgan fingerprint density at radius 1 is 1.44 bits per heavy atom. The summed E-state index contributed by atoms with van der Waals surface area (Å²) in [7, 11) is 0. The van der Waals surface area contributed by atoms with Crippen LogP contribution in [0.15, 0.2) is 0 Å². The molecular weight excluding hydrogens is 202 g/mol. The molecule has 0 spiro atoms. The van der Waals surface area contributed by atoms with Crippen molar-refractivity contribution in [2.24, 2.45) is 11.3 Å². The summed E-state index contributed by atoms with van der Waals surface area (Å²) < 4.78 is 0. The molecule has 4 nitrogen and oxygen atoms in total. The molecule has 88 valence electrons. The lowest BCUT2D eigenvalue weighted by Crippen LogP contribution is -2.43. The zero-order valence-corrected chi connectivity index (χ0v) is 10.4. The van der Waals surface area contributed by atoms with Crippen molar-refractivity contribution in [3.8, 4) is 12.1 Å². The van der Waals surface area contributed by atoms with Gasteiger partial charge in [-0.15, -0.1) is 0 Å². The molecule has 0 aliphatic carbocycles. The number of rotatable bonds is 5. The Morgan fingerprint density at radius 3 is 2.31 bits per heavy atom. The Bertz CT molecular complexity index is 326. The van der Waals surface area contributed by atoms with Crippen LogP contribution in [0.3, 0.4) is 0 Å². The maximum atomic E-state index is 12.1. The van der Waals surface area contributed by atoms with Crippen molar-refractivity contribution >= 4 is 5.91 Å². The molecule has 0 bridgehead atoms. The van der Waals surface area contributed by atoms with Crippen molar-refractivity contribution in [3.05, 3.63) is 0 Å². The lowest BCUT2D eigenvalue weighted by Gasteiger charge is -2.29. The van der Waals surface area contributed by atoms with Gasteiger partial charge in [0.2, 0.25) is 5.91 Å². The number of amides is 1. The summed E-state index contributed by atoms with van der Waals surface area (Å²) in [5, 5.41) is 17.8. The molecule has 0 aromatic heterocycles. The standard InChI is InChI=1S/C12H19N3O/c1-5-12(4,9-14)11(16)15(6-2)8-10(3)7-13/h10H,5-6,8H2,1-4H3. The molecule has 16 heavy (non-hydrogen) atoms. The molecule has 0 heterocycles. The first kappa shape index (κ1) is 14.5. The molecule has 0 aliphatic heterocycles. The quantitative estimate of drug-likeness (QED) is 0.712. The van der Waals surface area contributed by atoms with Crippen molar-refractivity contribution < 1.29 is 4.79 Å². The summed E-state index contributed by atoms with van der Waals surface area (Å²) in [6, 6.07) is 4.16. The van der Waals surface area contributed by atoms with Gasteiger partial charge >= 0.3 is 0 Å². The average molecular weight is 221 g/mol. The topological polar surface area (TPSA) is 67.9 Å². The van der Waals surface area contributed by atoms with Gasteiger partial charge in [-0.05, 0) is 27.2 Å². The number of carbonyl (C=O) groups is 1. The molecule has 0 aliphatic rings. The van der Waals surface area contributed by atoms with E-state index < -0.39 is 5.41 Å². The summed E-state index contributed by atoms with van der Waals surface area (Å²) in [5.74, 6) is -0.384. The predicted molar refractivity (Wildman–Crippen MR) is 61.0 cm³/mol. The number of hydrogen-bond acceptors (Lipinski definition) is 3. The van der Waals surface area contributed by atoms with Crippen LogP contribution < -0.4 is 0 Å². The maximum Gasteiger partial charge on any atom is 0.242 e. The molecule has 2 unspecified atom stereocenters. The summed E-state index contributed by atoms with van der Waals surface area (Å²) in [5.41, 5.74) is -0.967. The Hall–Kier alpha value is -1.55. The van der Waals surface area contributed by atoms with Crippen LogP contribution in [-0.2, 0) is 4.79 Å². The van der Waals surface area contributed by atoms with Crippen LogP contribution in [0.1, 0.15) is 34.1 Å². The second-order valence-corrected chi connectivity index (χ2v) is 4.17. The van der Waals surface area contributed by atoms with E-state index in [9.17, 15) is 4.79 Å². The lowest BCUT2D eigenvalue weighted by molar-refractivity contribution is -0.138. The summed E-state index contributed by atoms with van der Waals surface area (Å²) in [6.07, 6.45) is 0.486. The molecule has 0 fully saturated rings. The van der Waals surface area contributed by atoms with Crippen molar-refractivity contribution in [1.29, 1.82) is 10.5 Å². The van der Waals surface area contributed by atoms with Gasteiger partial charge < -0.3 is 4.90 Å². The van der Waals surface area contributed by atoms with Gasteiger partial charge in [0, 0.05) is 13.1 Å². The molecular formula is C12H19N3O. The zero-order valence-electron chi connectivity index (χ0n) is 10.4. The van der Waals surface area contributed by atoms with Crippen LogP contribution in [0.5, 0.6) is 0 Å². The van der Waals surface area contributed by atoms with Gasteiger partial charge in [-0.1, -0.05) is 6.92 Å². The van der Waals surface area contributed by atoms with Crippen LogP contribution >= 0.6 is 0 Å². The second-order valence-electron chi connectivity index (χ2n) is 4.17. The molecule has 0 aromatic carbocycles. The van der Waals surface area contributed by atoms with E-state index in [-0.39, 0.29) is 11.8 Å². The number of carbonyl (C=O) groups excluding carboxylic acids is 1. The Kier molecular flexibility index (Phi) is 5.53. The van der Waals surface area contributed by atoms with E-state index >= 15 is 0 Å². The normalized spacial score (nSPS) is 15.4. The van der Waals surface area contributed by atoms with Crippen molar-refractivity contribution in [1.82, 2.24) is 4.90 Å². The monoisotopic (exact) mass is 221 g/mol. The van der Waals surface area contributed by atoms with E-state index in [4.69, 9.17) is 10.5 Å². The lowest BCUT2D eigenvalue weighted by atomic mass is 9.87. The highest BCUT2D eigenvalue weighted by Crippen LogP contribution is 2.23.